The zero-order chi connectivity index (χ0) is 13.8. The Morgan fingerprint density at radius 1 is 1.24 bits per heavy atom. The number of hydrogen-bond acceptors (Lipinski definition) is 3. The predicted molar refractivity (Wildman–Crippen MR) is 84.6 cm³/mol. The minimum atomic E-state index is -0.741. The van der Waals surface area contributed by atoms with Crippen molar-refractivity contribution in [2.45, 2.75) is 25.8 Å². The van der Waals surface area contributed by atoms with Crippen molar-refractivity contribution in [3.63, 3.8) is 0 Å². The Labute approximate surface area is 136 Å². The molecular weight excluding hydrogens is 321 g/mol. The van der Waals surface area contributed by atoms with E-state index >= 15 is 0 Å². The van der Waals surface area contributed by atoms with Gasteiger partial charge < -0.3 is 10.4 Å². The van der Waals surface area contributed by atoms with Gasteiger partial charge in [0.15, 0.2) is 0 Å². The number of hydrogen-bond donors (Lipinski definition) is 2. The van der Waals surface area contributed by atoms with Gasteiger partial charge in [-0.1, -0.05) is 13.3 Å². The summed E-state index contributed by atoms with van der Waals surface area (Å²) < 4.78 is 27.1. The van der Waals surface area contributed by atoms with Crippen LogP contribution in [0.15, 0.2) is 12.1 Å². The van der Waals surface area contributed by atoms with E-state index in [1.165, 1.54) is 0 Å². The minimum absolute atomic E-state index is 0. The summed E-state index contributed by atoms with van der Waals surface area (Å²) in [4.78, 5) is 2.15. The van der Waals surface area contributed by atoms with Crippen molar-refractivity contribution in [2.24, 2.45) is 0 Å². The lowest BCUT2D eigenvalue weighted by Crippen LogP contribution is -2.45. The van der Waals surface area contributed by atoms with E-state index in [-0.39, 0.29) is 42.2 Å². The third-order valence-electron chi connectivity index (χ3n) is 3.56. The molecular formula is C14H22Cl2F2N2O. The molecule has 0 amide bonds. The van der Waals surface area contributed by atoms with Gasteiger partial charge in [-0.2, -0.15) is 0 Å². The Morgan fingerprint density at radius 3 is 2.38 bits per heavy atom. The van der Waals surface area contributed by atoms with Gasteiger partial charge in [-0.15, -0.1) is 24.8 Å². The van der Waals surface area contributed by atoms with Crippen LogP contribution in [-0.4, -0.2) is 36.2 Å². The maximum Gasteiger partial charge on any atom is 0.134 e. The van der Waals surface area contributed by atoms with Crippen LogP contribution in [0.5, 0.6) is 5.75 Å². The fourth-order valence-electron chi connectivity index (χ4n) is 2.68. The van der Waals surface area contributed by atoms with Gasteiger partial charge in [-0.05, 0) is 6.42 Å². The van der Waals surface area contributed by atoms with E-state index in [1.54, 1.807) is 0 Å². The van der Waals surface area contributed by atoms with Gasteiger partial charge >= 0.3 is 0 Å². The zero-order valence-electron chi connectivity index (χ0n) is 11.9. The Balaban J connectivity index is 0.00000200. The molecule has 1 aromatic carbocycles. The number of phenols is 1. The van der Waals surface area contributed by atoms with Gasteiger partial charge in [0.05, 0.1) is 0 Å². The van der Waals surface area contributed by atoms with Crippen LogP contribution in [0.25, 0.3) is 0 Å². The van der Waals surface area contributed by atoms with E-state index < -0.39 is 11.6 Å². The van der Waals surface area contributed by atoms with Crippen molar-refractivity contribution < 1.29 is 13.9 Å². The highest BCUT2D eigenvalue weighted by atomic mass is 35.5. The van der Waals surface area contributed by atoms with Crippen LogP contribution in [0, 0.1) is 11.6 Å². The largest absolute Gasteiger partial charge is 0.507 e. The van der Waals surface area contributed by atoms with Gasteiger partial charge in [0.2, 0.25) is 0 Å². The van der Waals surface area contributed by atoms with Gasteiger partial charge in [0.1, 0.15) is 17.4 Å². The number of benzene rings is 1. The van der Waals surface area contributed by atoms with Crippen LogP contribution in [0.3, 0.4) is 0 Å². The Kier molecular flexibility index (Phi) is 9.13. The Morgan fingerprint density at radius 2 is 1.86 bits per heavy atom. The van der Waals surface area contributed by atoms with Crippen molar-refractivity contribution in [3.8, 4) is 5.75 Å². The number of nitrogens with one attached hydrogen (secondary N) is 1. The Bertz CT molecular complexity index is 420. The highest BCUT2D eigenvalue weighted by Crippen LogP contribution is 2.35. The summed E-state index contributed by atoms with van der Waals surface area (Å²) >= 11 is 0. The van der Waals surface area contributed by atoms with E-state index in [9.17, 15) is 13.9 Å². The third-order valence-corrected chi connectivity index (χ3v) is 3.56. The fourth-order valence-corrected chi connectivity index (χ4v) is 2.68. The molecule has 1 heterocycles. The first kappa shape index (κ1) is 20.4. The van der Waals surface area contributed by atoms with Gasteiger partial charge in [-0.25, -0.2) is 8.78 Å². The molecule has 0 unspecified atom stereocenters. The molecule has 1 aliphatic rings. The number of nitrogens with zero attached hydrogens (tertiary/aromatic N) is 1. The first-order chi connectivity index (χ1) is 9.13. The first-order valence-corrected chi connectivity index (χ1v) is 6.76. The highest BCUT2D eigenvalue weighted by molar-refractivity contribution is 5.85. The van der Waals surface area contributed by atoms with E-state index in [1.807, 2.05) is 6.92 Å². The summed E-state index contributed by atoms with van der Waals surface area (Å²) in [6.45, 7) is 5.34. The lowest BCUT2D eigenvalue weighted by atomic mass is 9.98. The molecule has 0 spiro atoms. The third kappa shape index (κ3) is 4.95. The van der Waals surface area contributed by atoms with Crippen LogP contribution < -0.4 is 5.32 Å². The van der Waals surface area contributed by atoms with Crippen molar-refractivity contribution in [2.75, 3.05) is 26.2 Å². The first-order valence-electron chi connectivity index (χ1n) is 6.76. The van der Waals surface area contributed by atoms with Crippen LogP contribution in [0.4, 0.5) is 8.78 Å². The van der Waals surface area contributed by atoms with Crippen LogP contribution in [0.1, 0.15) is 31.4 Å². The second-order valence-corrected chi connectivity index (χ2v) is 4.91. The normalized spacial score (nSPS) is 16.7. The summed E-state index contributed by atoms with van der Waals surface area (Å²) in [5, 5.41) is 13.1. The Hall–Kier alpha value is -0.620. The highest BCUT2D eigenvalue weighted by Gasteiger charge is 2.27. The summed E-state index contributed by atoms with van der Waals surface area (Å²) in [6.07, 6.45) is 1.63. The molecule has 1 aromatic rings. The molecule has 21 heavy (non-hydrogen) atoms. The second-order valence-electron chi connectivity index (χ2n) is 4.91. The number of aromatic hydroxyl groups is 1. The molecule has 122 valence electrons. The van der Waals surface area contributed by atoms with Crippen molar-refractivity contribution >= 4 is 24.8 Å². The van der Waals surface area contributed by atoms with Crippen LogP contribution in [0.2, 0.25) is 0 Å². The van der Waals surface area contributed by atoms with Gasteiger partial charge in [0, 0.05) is 49.9 Å². The van der Waals surface area contributed by atoms with Gasteiger partial charge in [0.25, 0.3) is 0 Å². The fraction of sp³-hybridized carbons (Fsp3) is 0.571. The lowest BCUT2D eigenvalue weighted by Gasteiger charge is -2.35. The molecule has 1 saturated heterocycles. The quantitative estimate of drug-likeness (QED) is 0.881. The molecule has 2 rings (SSSR count). The molecule has 1 fully saturated rings. The average Bonchev–Trinajstić information content (AvgIpc) is 2.37. The zero-order valence-corrected chi connectivity index (χ0v) is 13.6. The summed E-state index contributed by atoms with van der Waals surface area (Å²) in [5.74, 6) is -1.68. The van der Waals surface area contributed by atoms with Crippen molar-refractivity contribution in [1.82, 2.24) is 10.2 Å². The monoisotopic (exact) mass is 342 g/mol. The number of halogens is 4. The standard InChI is InChI=1S/C14H20F2N2O.2ClH/c1-2-3-12(18-6-4-17-5-7-18)14-11(16)8-10(15)9-13(14)19;;/h8-9,12,17,19H,2-7H2,1H3;2*1H/t12-;;/m0../s1. The van der Waals surface area contributed by atoms with E-state index in [2.05, 4.69) is 10.2 Å². The molecule has 0 saturated carbocycles. The van der Waals surface area contributed by atoms with Gasteiger partial charge in [-0.3, -0.25) is 4.90 Å². The number of rotatable bonds is 4. The maximum atomic E-state index is 14.0. The molecule has 3 nitrogen and oxygen atoms in total. The predicted octanol–water partition coefficient (Wildman–Crippen LogP) is 3.26. The van der Waals surface area contributed by atoms with Crippen LogP contribution >= 0.6 is 24.8 Å². The van der Waals surface area contributed by atoms with Crippen molar-refractivity contribution in [3.05, 3.63) is 29.3 Å². The van der Waals surface area contributed by atoms with E-state index in [4.69, 9.17) is 0 Å². The van der Waals surface area contributed by atoms with E-state index in [0.29, 0.717) is 0 Å². The summed E-state index contributed by atoms with van der Waals surface area (Å²) in [5.41, 5.74) is 0.227. The summed E-state index contributed by atoms with van der Waals surface area (Å²) in [7, 11) is 0. The SMILES string of the molecule is CCC[C@@H](c1c(O)cc(F)cc1F)N1CCNCC1.Cl.Cl. The molecule has 2 N–H and O–H groups in total. The topological polar surface area (TPSA) is 35.5 Å². The number of piperazine rings is 1. The molecule has 0 aromatic heterocycles. The maximum absolute atomic E-state index is 14.0. The second kappa shape index (κ2) is 9.41. The van der Waals surface area contributed by atoms with E-state index in [0.717, 1.165) is 51.2 Å². The summed E-state index contributed by atoms with van der Waals surface area (Å²) in [6, 6.07) is 1.65. The molecule has 0 aliphatic carbocycles. The molecule has 0 radical (unpaired) electrons. The smallest absolute Gasteiger partial charge is 0.134 e. The minimum Gasteiger partial charge on any atom is -0.507 e. The molecule has 0 bridgehead atoms. The average molecular weight is 343 g/mol. The number of phenolic OH excluding ortho intramolecular Hbond substituents is 1. The lowest BCUT2D eigenvalue weighted by molar-refractivity contribution is 0.158. The van der Waals surface area contributed by atoms with Crippen molar-refractivity contribution in [1.29, 1.82) is 0 Å². The van der Waals surface area contributed by atoms with Crippen LogP contribution in [-0.2, 0) is 0 Å². The molecule has 7 heteroatoms. The molecule has 1 atom stereocenters. The molecule has 1 aliphatic heterocycles.